The van der Waals surface area contributed by atoms with Crippen molar-refractivity contribution in [3.63, 3.8) is 0 Å². The molecule has 0 aliphatic heterocycles. The second-order valence-electron chi connectivity index (χ2n) is 4.34. The molecule has 98 valence electrons. The Bertz CT molecular complexity index is 445. The Morgan fingerprint density at radius 3 is 2.61 bits per heavy atom. The second-order valence-corrected chi connectivity index (χ2v) is 4.34. The van der Waals surface area contributed by atoms with Gasteiger partial charge in [0.15, 0.2) is 5.69 Å². The van der Waals surface area contributed by atoms with Gasteiger partial charge in [0.25, 0.3) is 5.91 Å². The molecule has 0 aliphatic carbocycles. The smallest absolute Gasteiger partial charge is 0.323 e. The van der Waals surface area contributed by atoms with E-state index in [9.17, 15) is 14.7 Å². The molecule has 1 rings (SSSR count). The minimum absolute atomic E-state index is 0.124. The van der Waals surface area contributed by atoms with E-state index in [0.717, 1.165) is 4.90 Å². The standard InChI is InChI=1S/C12H16N2O4/c1-8(2)6-14(7-10(16)17)12(18)11-9(15)4-3-5-13-11/h3-5,8,15H,6-7H2,1-2H3,(H,16,17). The van der Waals surface area contributed by atoms with E-state index in [1.165, 1.54) is 18.3 Å². The van der Waals surface area contributed by atoms with E-state index in [1.807, 2.05) is 13.8 Å². The van der Waals surface area contributed by atoms with Crippen LogP contribution >= 0.6 is 0 Å². The molecular weight excluding hydrogens is 236 g/mol. The average molecular weight is 252 g/mol. The van der Waals surface area contributed by atoms with Crippen molar-refractivity contribution in [2.45, 2.75) is 13.8 Å². The number of nitrogens with zero attached hydrogens (tertiary/aromatic N) is 2. The molecule has 1 heterocycles. The van der Waals surface area contributed by atoms with Gasteiger partial charge in [0.1, 0.15) is 12.3 Å². The lowest BCUT2D eigenvalue weighted by Crippen LogP contribution is -2.38. The van der Waals surface area contributed by atoms with Gasteiger partial charge in [-0.15, -0.1) is 0 Å². The molecule has 0 fully saturated rings. The average Bonchev–Trinajstić information content (AvgIpc) is 2.26. The number of carbonyl (C=O) groups is 2. The number of pyridine rings is 1. The van der Waals surface area contributed by atoms with Gasteiger partial charge in [-0.3, -0.25) is 9.59 Å². The number of carboxylic acid groups (broad SMARTS) is 1. The molecule has 0 unspecified atom stereocenters. The third kappa shape index (κ3) is 3.73. The highest BCUT2D eigenvalue weighted by Gasteiger charge is 2.22. The molecular formula is C12H16N2O4. The van der Waals surface area contributed by atoms with Gasteiger partial charge < -0.3 is 15.1 Å². The van der Waals surface area contributed by atoms with Crippen LogP contribution in [0, 0.1) is 5.92 Å². The van der Waals surface area contributed by atoms with Crippen LogP contribution < -0.4 is 0 Å². The third-order valence-corrected chi connectivity index (χ3v) is 2.19. The summed E-state index contributed by atoms with van der Waals surface area (Å²) in [6.07, 6.45) is 1.38. The van der Waals surface area contributed by atoms with Crippen LogP contribution in [0.2, 0.25) is 0 Å². The zero-order chi connectivity index (χ0) is 13.7. The van der Waals surface area contributed by atoms with Gasteiger partial charge in [-0.25, -0.2) is 4.98 Å². The normalized spacial score (nSPS) is 10.4. The fourth-order valence-electron chi connectivity index (χ4n) is 1.53. The van der Waals surface area contributed by atoms with Crippen molar-refractivity contribution >= 4 is 11.9 Å². The van der Waals surface area contributed by atoms with Gasteiger partial charge in [0.05, 0.1) is 0 Å². The summed E-state index contributed by atoms with van der Waals surface area (Å²) in [4.78, 5) is 27.8. The van der Waals surface area contributed by atoms with E-state index in [4.69, 9.17) is 5.11 Å². The molecule has 1 aromatic heterocycles. The van der Waals surface area contributed by atoms with Crippen molar-refractivity contribution < 1.29 is 19.8 Å². The Morgan fingerprint density at radius 2 is 2.11 bits per heavy atom. The molecule has 6 heteroatoms. The number of carbonyl (C=O) groups excluding carboxylic acids is 1. The van der Waals surface area contributed by atoms with Crippen molar-refractivity contribution in [2.75, 3.05) is 13.1 Å². The third-order valence-electron chi connectivity index (χ3n) is 2.19. The number of rotatable bonds is 5. The van der Waals surface area contributed by atoms with E-state index in [0.29, 0.717) is 6.54 Å². The first-order valence-corrected chi connectivity index (χ1v) is 5.57. The van der Waals surface area contributed by atoms with Gasteiger partial charge in [0, 0.05) is 12.7 Å². The molecule has 0 radical (unpaired) electrons. The van der Waals surface area contributed by atoms with E-state index < -0.39 is 18.4 Å². The molecule has 0 atom stereocenters. The van der Waals surface area contributed by atoms with Crippen LogP contribution in [0.4, 0.5) is 0 Å². The maximum Gasteiger partial charge on any atom is 0.323 e. The SMILES string of the molecule is CC(C)CN(CC(=O)O)C(=O)c1ncccc1O. The van der Waals surface area contributed by atoms with Gasteiger partial charge in [-0.1, -0.05) is 13.8 Å². The minimum atomic E-state index is -1.10. The Balaban J connectivity index is 2.95. The van der Waals surface area contributed by atoms with Crippen LogP contribution in [0.15, 0.2) is 18.3 Å². The molecule has 6 nitrogen and oxygen atoms in total. The maximum atomic E-state index is 12.1. The molecule has 0 aromatic carbocycles. The number of hydrogen-bond donors (Lipinski definition) is 2. The molecule has 1 amide bonds. The molecule has 0 bridgehead atoms. The Labute approximate surface area is 105 Å². The summed E-state index contributed by atoms with van der Waals surface area (Å²) < 4.78 is 0. The fraction of sp³-hybridized carbons (Fsp3) is 0.417. The summed E-state index contributed by atoms with van der Waals surface area (Å²) in [7, 11) is 0. The van der Waals surface area contributed by atoms with E-state index in [1.54, 1.807) is 0 Å². The fourth-order valence-corrected chi connectivity index (χ4v) is 1.53. The lowest BCUT2D eigenvalue weighted by Gasteiger charge is -2.22. The van der Waals surface area contributed by atoms with Crippen molar-refractivity contribution in [3.05, 3.63) is 24.0 Å². The van der Waals surface area contributed by atoms with E-state index in [-0.39, 0.29) is 17.4 Å². The van der Waals surface area contributed by atoms with Crippen LogP contribution in [-0.4, -0.2) is 45.1 Å². The van der Waals surface area contributed by atoms with Crippen LogP contribution in [0.5, 0.6) is 5.75 Å². The first-order valence-electron chi connectivity index (χ1n) is 5.57. The quantitative estimate of drug-likeness (QED) is 0.814. The number of hydrogen-bond acceptors (Lipinski definition) is 4. The minimum Gasteiger partial charge on any atom is -0.505 e. The topological polar surface area (TPSA) is 90.7 Å². The molecule has 0 saturated carbocycles. The van der Waals surface area contributed by atoms with Crippen molar-refractivity contribution in [2.24, 2.45) is 5.92 Å². The summed E-state index contributed by atoms with van der Waals surface area (Å²) in [5.74, 6) is -1.80. The van der Waals surface area contributed by atoms with E-state index in [2.05, 4.69) is 4.98 Å². The highest BCUT2D eigenvalue weighted by atomic mass is 16.4. The summed E-state index contributed by atoms with van der Waals surface area (Å²) in [6, 6.07) is 2.84. The monoisotopic (exact) mass is 252 g/mol. The van der Waals surface area contributed by atoms with Crippen molar-refractivity contribution in [3.8, 4) is 5.75 Å². The zero-order valence-corrected chi connectivity index (χ0v) is 10.3. The molecule has 2 N–H and O–H groups in total. The predicted octanol–water partition coefficient (Wildman–Crippen LogP) is 0.970. The van der Waals surface area contributed by atoms with Crippen LogP contribution in [0.3, 0.4) is 0 Å². The number of aromatic nitrogens is 1. The largest absolute Gasteiger partial charge is 0.505 e. The zero-order valence-electron chi connectivity index (χ0n) is 10.3. The lowest BCUT2D eigenvalue weighted by atomic mass is 10.2. The summed E-state index contributed by atoms with van der Waals surface area (Å²) in [5, 5.41) is 18.3. The Morgan fingerprint density at radius 1 is 1.44 bits per heavy atom. The highest BCUT2D eigenvalue weighted by molar-refractivity contribution is 5.96. The summed E-state index contributed by atoms with van der Waals surface area (Å²) >= 11 is 0. The number of carboxylic acids is 1. The van der Waals surface area contributed by atoms with E-state index >= 15 is 0 Å². The Hall–Kier alpha value is -2.11. The van der Waals surface area contributed by atoms with Crippen molar-refractivity contribution in [1.29, 1.82) is 0 Å². The van der Waals surface area contributed by atoms with Gasteiger partial charge in [0.2, 0.25) is 0 Å². The Kier molecular flexibility index (Phi) is 4.65. The summed E-state index contributed by atoms with van der Waals surface area (Å²) in [6.45, 7) is 3.63. The molecule has 0 saturated heterocycles. The highest BCUT2D eigenvalue weighted by Crippen LogP contribution is 2.15. The first kappa shape index (κ1) is 14.0. The lowest BCUT2D eigenvalue weighted by molar-refractivity contribution is -0.137. The van der Waals surface area contributed by atoms with Gasteiger partial charge in [-0.2, -0.15) is 0 Å². The molecule has 0 aliphatic rings. The first-order chi connectivity index (χ1) is 8.41. The van der Waals surface area contributed by atoms with Crippen LogP contribution in [-0.2, 0) is 4.79 Å². The van der Waals surface area contributed by atoms with Gasteiger partial charge in [-0.05, 0) is 18.1 Å². The number of aromatic hydroxyl groups is 1. The van der Waals surface area contributed by atoms with Gasteiger partial charge >= 0.3 is 5.97 Å². The second kappa shape index (κ2) is 6.00. The molecule has 0 spiro atoms. The predicted molar refractivity (Wildman–Crippen MR) is 64.3 cm³/mol. The van der Waals surface area contributed by atoms with Crippen LogP contribution in [0.25, 0.3) is 0 Å². The van der Waals surface area contributed by atoms with Crippen LogP contribution in [0.1, 0.15) is 24.3 Å². The maximum absolute atomic E-state index is 12.1. The number of amides is 1. The van der Waals surface area contributed by atoms with Crippen molar-refractivity contribution in [1.82, 2.24) is 9.88 Å². The molecule has 1 aromatic rings. The summed E-state index contributed by atoms with van der Waals surface area (Å²) in [5.41, 5.74) is -0.126. The number of aliphatic carboxylic acids is 1. The molecule has 18 heavy (non-hydrogen) atoms.